The van der Waals surface area contributed by atoms with E-state index >= 15 is 0 Å². The van der Waals surface area contributed by atoms with Crippen molar-refractivity contribution in [2.45, 2.75) is 39.4 Å². The molecule has 1 aliphatic heterocycles. The molecule has 190 valence electrons. The quantitative estimate of drug-likeness (QED) is 0.274. The van der Waals surface area contributed by atoms with Gasteiger partial charge < -0.3 is 19.3 Å². The number of carboxylic acids is 1. The molecular formula is C30H28BrNO5. The smallest absolute Gasteiger partial charge is 0.337 e. The summed E-state index contributed by atoms with van der Waals surface area (Å²) in [6.45, 7) is 8.33. The lowest BCUT2D eigenvalue weighted by Crippen LogP contribution is -2.28. The van der Waals surface area contributed by atoms with Crippen LogP contribution in [0, 0.1) is 6.92 Å². The van der Waals surface area contributed by atoms with E-state index in [4.69, 9.17) is 19.2 Å². The summed E-state index contributed by atoms with van der Waals surface area (Å²) in [6.07, 6.45) is -1.22. The lowest BCUT2D eigenvalue weighted by molar-refractivity contribution is -0.160. The molecule has 3 aromatic carbocycles. The molecule has 0 spiro atoms. The number of aryl methyl sites for hydroxylation is 1. The number of benzene rings is 3. The van der Waals surface area contributed by atoms with E-state index < -0.39 is 17.7 Å². The first-order chi connectivity index (χ1) is 17.6. The fraction of sp³-hybridized carbons (Fsp3) is 0.267. The van der Waals surface area contributed by atoms with E-state index in [1.54, 1.807) is 0 Å². The van der Waals surface area contributed by atoms with Crippen molar-refractivity contribution in [3.63, 3.8) is 0 Å². The Hall–Kier alpha value is -3.42. The maximum Gasteiger partial charge on any atom is 0.337 e. The lowest BCUT2D eigenvalue weighted by atomic mass is 9.89. The molecule has 1 aliphatic rings. The molecule has 0 radical (unpaired) electrons. The van der Waals surface area contributed by atoms with Crippen LogP contribution in [-0.4, -0.2) is 34.9 Å². The zero-order valence-electron chi connectivity index (χ0n) is 21.2. The molecule has 4 aromatic rings. The van der Waals surface area contributed by atoms with Gasteiger partial charge in [-0.05, 0) is 62.6 Å². The highest BCUT2D eigenvalue weighted by atomic mass is 79.9. The molecule has 0 bridgehead atoms. The topological polar surface area (TPSA) is 77.9 Å². The average molecular weight is 562 g/mol. The van der Waals surface area contributed by atoms with Crippen LogP contribution < -0.4 is 9.47 Å². The third-order valence-electron chi connectivity index (χ3n) is 6.20. The Morgan fingerprint density at radius 3 is 2.41 bits per heavy atom. The number of carbonyl (C=O) groups is 1. The van der Waals surface area contributed by atoms with Gasteiger partial charge in [0.25, 0.3) is 0 Å². The van der Waals surface area contributed by atoms with E-state index in [0.29, 0.717) is 36.0 Å². The van der Waals surface area contributed by atoms with Gasteiger partial charge in [0, 0.05) is 26.7 Å². The highest BCUT2D eigenvalue weighted by Crippen LogP contribution is 2.44. The SMILES string of the molecule is Cc1nc2c(-c3ccccc3Br)cccc2c(-c2ccc3c(c2)OCCO3)c1C(OC(C)(C)C)C(=O)O. The van der Waals surface area contributed by atoms with Crippen LogP contribution in [0.2, 0.25) is 0 Å². The van der Waals surface area contributed by atoms with Crippen molar-refractivity contribution in [2.75, 3.05) is 13.2 Å². The van der Waals surface area contributed by atoms with Gasteiger partial charge in [-0.3, -0.25) is 4.98 Å². The number of ether oxygens (including phenoxy) is 3. The highest BCUT2D eigenvalue weighted by molar-refractivity contribution is 9.10. The fourth-order valence-electron chi connectivity index (χ4n) is 4.73. The third kappa shape index (κ3) is 4.93. The largest absolute Gasteiger partial charge is 0.486 e. The van der Waals surface area contributed by atoms with E-state index in [1.807, 2.05) is 88.4 Å². The van der Waals surface area contributed by atoms with Gasteiger partial charge in [0.15, 0.2) is 17.6 Å². The second-order valence-electron chi connectivity index (χ2n) is 9.97. The van der Waals surface area contributed by atoms with E-state index in [-0.39, 0.29) is 0 Å². The van der Waals surface area contributed by atoms with Crippen LogP contribution >= 0.6 is 15.9 Å². The van der Waals surface area contributed by atoms with Gasteiger partial charge in [-0.25, -0.2) is 4.79 Å². The minimum Gasteiger partial charge on any atom is -0.486 e. The van der Waals surface area contributed by atoms with E-state index in [9.17, 15) is 9.90 Å². The Labute approximate surface area is 224 Å². The van der Waals surface area contributed by atoms with Crippen molar-refractivity contribution in [1.29, 1.82) is 0 Å². The molecule has 0 amide bonds. The Morgan fingerprint density at radius 2 is 1.70 bits per heavy atom. The van der Waals surface area contributed by atoms with Crippen LogP contribution in [-0.2, 0) is 9.53 Å². The molecule has 2 heterocycles. The van der Waals surface area contributed by atoms with Crippen molar-refractivity contribution in [2.24, 2.45) is 0 Å². The number of carboxylic acid groups (broad SMARTS) is 1. The number of halogens is 1. The van der Waals surface area contributed by atoms with Gasteiger partial charge in [-0.15, -0.1) is 0 Å². The summed E-state index contributed by atoms with van der Waals surface area (Å²) < 4.78 is 18.7. The maximum atomic E-state index is 12.6. The molecule has 0 saturated heterocycles. The average Bonchev–Trinajstić information content (AvgIpc) is 2.86. The van der Waals surface area contributed by atoms with Crippen molar-refractivity contribution in [1.82, 2.24) is 4.98 Å². The standard InChI is InChI=1S/C30H28BrNO5/c1-17-25(28(29(33)34)37-30(2,3)4)26(18-12-13-23-24(16-18)36-15-14-35-23)21-10-7-9-20(27(21)32-17)19-8-5-6-11-22(19)31/h5-13,16,28H,14-15H2,1-4H3,(H,33,34). The van der Waals surface area contributed by atoms with Crippen molar-refractivity contribution in [3.05, 3.63) is 76.4 Å². The van der Waals surface area contributed by atoms with Gasteiger partial charge in [-0.2, -0.15) is 0 Å². The first-order valence-corrected chi connectivity index (χ1v) is 12.9. The second kappa shape index (κ2) is 9.80. The van der Waals surface area contributed by atoms with E-state index in [1.165, 1.54) is 0 Å². The summed E-state index contributed by atoms with van der Waals surface area (Å²) in [5, 5.41) is 11.1. The zero-order chi connectivity index (χ0) is 26.3. The Kier molecular flexibility index (Phi) is 6.68. The number of hydrogen-bond acceptors (Lipinski definition) is 5. The summed E-state index contributed by atoms with van der Waals surface area (Å²) in [7, 11) is 0. The second-order valence-corrected chi connectivity index (χ2v) is 10.8. The summed E-state index contributed by atoms with van der Waals surface area (Å²) >= 11 is 3.68. The van der Waals surface area contributed by atoms with Crippen LogP contribution in [0.1, 0.15) is 38.1 Å². The predicted molar refractivity (Wildman–Crippen MR) is 147 cm³/mol. The zero-order valence-corrected chi connectivity index (χ0v) is 22.8. The molecule has 5 rings (SSSR count). The minimum atomic E-state index is -1.22. The van der Waals surface area contributed by atoms with Gasteiger partial charge in [0.2, 0.25) is 0 Å². The number of aromatic nitrogens is 1. The lowest BCUT2D eigenvalue weighted by Gasteiger charge is -2.28. The highest BCUT2D eigenvalue weighted by Gasteiger charge is 2.33. The van der Waals surface area contributed by atoms with Gasteiger partial charge in [-0.1, -0.05) is 58.4 Å². The molecule has 0 aliphatic carbocycles. The molecular weight excluding hydrogens is 534 g/mol. The van der Waals surface area contributed by atoms with E-state index in [0.717, 1.165) is 37.6 Å². The van der Waals surface area contributed by atoms with Gasteiger partial charge in [0.1, 0.15) is 13.2 Å². The first-order valence-electron chi connectivity index (χ1n) is 12.1. The first kappa shape index (κ1) is 25.2. The molecule has 1 unspecified atom stereocenters. The van der Waals surface area contributed by atoms with Crippen molar-refractivity contribution >= 4 is 32.8 Å². The fourth-order valence-corrected chi connectivity index (χ4v) is 5.23. The Morgan fingerprint density at radius 1 is 1.00 bits per heavy atom. The van der Waals surface area contributed by atoms with Crippen LogP contribution in [0.4, 0.5) is 0 Å². The van der Waals surface area contributed by atoms with Crippen LogP contribution in [0.3, 0.4) is 0 Å². The predicted octanol–water partition coefficient (Wildman–Crippen LogP) is 7.35. The van der Waals surface area contributed by atoms with Crippen LogP contribution in [0.5, 0.6) is 11.5 Å². The number of aliphatic carboxylic acids is 1. The normalized spacial score (nSPS) is 14.0. The summed E-state index contributed by atoms with van der Waals surface area (Å²) in [4.78, 5) is 17.6. The van der Waals surface area contributed by atoms with E-state index in [2.05, 4.69) is 15.9 Å². The monoisotopic (exact) mass is 561 g/mol. The van der Waals surface area contributed by atoms with Crippen LogP contribution in [0.25, 0.3) is 33.2 Å². The van der Waals surface area contributed by atoms with Crippen LogP contribution in [0.15, 0.2) is 65.1 Å². The number of pyridine rings is 1. The summed E-state index contributed by atoms with van der Waals surface area (Å²) in [5.74, 6) is 0.226. The molecule has 0 fully saturated rings. The Bertz CT molecular complexity index is 1510. The molecule has 37 heavy (non-hydrogen) atoms. The Balaban J connectivity index is 1.86. The number of rotatable bonds is 5. The molecule has 6 nitrogen and oxygen atoms in total. The number of para-hydroxylation sites is 1. The molecule has 7 heteroatoms. The minimum absolute atomic E-state index is 0.455. The summed E-state index contributed by atoms with van der Waals surface area (Å²) in [5.41, 5.74) is 4.71. The van der Waals surface area contributed by atoms with Gasteiger partial charge >= 0.3 is 5.97 Å². The van der Waals surface area contributed by atoms with Crippen molar-refractivity contribution < 1.29 is 24.1 Å². The van der Waals surface area contributed by atoms with Crippen molar-refractivity contribution in [3.8, 4) is 33.8 Å². The summed E-state index contributed by atoms with van der Waals surface area (Å²) in [6, 6.07) is 19.7. The third-order valence-corrected chi connectivity index (χ3v) is 6.89. The molecule has 1 aromatic heterocycles. The number of nitrogens with zero attached hydrogens (tertiary/aromatic N) is 1. The maximum absolute atomic E-state index is 12.6. The number of hydrogen-bond donors (Lipinski definition) is 1. The molecule has 1 N–H and O–H groups in total. The number of fused-ring (bicyclic) bond motifs is 2. The van der Waals surface area contributed by atoms with Gasteiger partial charge in [0.05, 0.1) is 11.1 Å². The molecule has 1 atom stereocenters. The molecule has 0 saturated carbocycles.